The van der Waals surface area contributed by atoms with Gasteiger partial charge in [0.2, 0.25) is 5.91 Å². The summed E-state index contributed by atoms with van der Waals surface area (Å²) in [6, 6.07) is 9.91. The minimum Gasteiger partial charge on any atom is -0.387 e. The van der Waals surface area contributed by atoms with Gasteiger partial charge in [0.15, 0.2) is 0 Å². The molecule has 2 N–H and O–H groups in total. The number of aromatic nitrogens is 1. The number of aliphatic hydroxyl groups is 1. The largest absolute Gasteiger partial charge is 0.387 e. The van der Waals surface area contributed by atoms with Gasteiger partial charge < -0.3 is 10.4 Å². The first kappa shape index (κ1) is 17.1. The van der Waals surface area contributed by atoms with Crippen LogP contribution >= 0.6 is 0 Å². The van der Waals surface area contributed by atoms with E-state index in [-0.39, 0.29) is 24.2 Å². The molecule has 0 saturated heterocycles. The van der Waals surface area contributed by atoms with Crippen LogP contribution in [0.1, 0.15) is 30.6 Å². The highest BCUT2D eigenvalue weighted by Gasteiger charge is 2.13. The highest BCUT2D eigenvalue weighted by molar-refractivity contribution is 5.76. The number of nitrogens with one attached hydrogen (secondary N) is 1. The smallest absolute Gasteiger partial charge is 0.220 e. The van der Waals surface area contributed by atoms with Crippen molar-refractivity contribution in [3.05, 3.63) is 65.7 Å². The molecule has 0 aliphatic heterocycles. The molecule has 0 radical (unpaired) electrons. The molecule has 2 rings (SSSR count). The lowest BCUT2D eigenvalue weighted by atomic mass is 9.97. The summed E-state index contributed by atoms with van der Waals surface area (Å²) >= 11 is 0. The molecular weight excluding hydrogens is 295 g/mol. The molecule has 1 amide bonds. The van der Waals surface area contributed by atoms with Crippen LogP contribution in [0, 0.1) is 11.7 Å². The Morgan fingerprint density at radius 2 is 2.17 bits per heavy atom. The fraction of sp³-hybridized carbons (Fsp3) is 0.333. The Labute approximate surface area is 135 Å². The molecule has 2 unspecified atom stereocenters. The molecule has 122 valence electrons. The standard InChI is InChI=1S/C18H21FN2O2/c1-13(8-14-4-2-6-16(19)10-14)9-18(23)21-12-17(22)15-5-3-7-20-11-15/h2-7,10-11,13,17,22H,8-9,12H2,1H3,(H,21,23). The number of benzene rings is 1. The van der Waals surface area contributed by atoms with E-state index in [1.807, 2.05) is 13.0 Å². The normalized spacial score (nSPS) is 13.3. The van der Waals surface area contributed by atoms with Crippen LogP contribution in [0.4, 0.5) is 4.39 Å². The van der Waals surface area contributed by atoms with Gasteiger partial charge in [-0.25, -0.2) is 4.39 Å². The van der Waals surface area contributed by atoms with E-state index in [2.05, 4.69) is 10.3 Å². The van der Waals surface area contributed by atoms with E-state index >= 15 is 0 Å². The molecule has 0 aliphatic rings. The molecule has 0 aliphatic carbocycles. The quantitative estimate of drug-likeness (QED) is 0.825. The van der Waals surface area contributed by atoms with Crippen molar-refractivity contribution in [2.24, 2.45) is 5.92 Å². The van der Waals surface area contributed by atoms with Gasteiger partial charge in [0.1, 0.15) is 5.82 Å². The van der Waals surface area contributed by atoms with Crippen molar-refractivity contribution >= 4 is 5.91 Å². The lowest BCUT2D eigenvalue weighted by molar-refractivity contribution is -0.122. The topological polar surface area (TPSA) is 62.2 Å². The Morgan fingerprint density at radius 3 is 2.87 bits per heavy atom. The highest BCUT2D eigenvalue weighted by atomic mass is 19.1. The zero-order valence-corrected chi connectivity index (χ0v) is 13.1. The Balaban J connectivity index is 1.76. The highest BCUT2D eigenvalue weighted by Crippen LogP contribution is 2.14. The van der Waals surface area contributed by atoms with Crippen LogP contribution in [-0.4, -0.2) is 22.5 Å². The molecule has 5 heteroatoms. The molecule has 1 aromatic carbocycles. The van der Waals surface area contributed by atoms with Crippen molar-refractivity contribution in [2.75, 3.05) is 6.54 Å². The Morgan fingerprint density at radius 1 is 1.35 bits per heavy atom. The third-order valence-electron chi connectivity index (χ3n) is 3.57. The summed E-state index contributed by atoms with van der Waals surface area (Å²) in [7, 11) is 0. The van der Waals surface area contributed by atoms with Crippen LogP contribution in [0.3, 0.4) is 0 Å². The summed E-state index contributed by atoms with van der Waals surface area (Å²) < 4.78 is 13.1. The zero-order chi connectivity index (χ0) is 16.7. The first-order valence-electron chi connectivity index (χ1n) is 7.63. The first-order chi connectivity index (χ1) is 11.0. The molecule has 0 fully saturated rings. The number of hydrogen-bond donors (Lipinski definition) is 2. The number of pyridine rings is 1. The maximum atomic E-state index is 13.1. The molecular formula is C18H21FN2O2. The Hall–Kier alpha value is -2.27. The van der Waals surface area contributed by atoms with Crippen molar-refractivity contribution in [2.45, 2.75) is 25.9 Å². The maximum Gasteiger partial charge on any atom is 0.220 e. The molecule has 4 nitrogen and oxygen atoms in total. The van der Waals surface area contributed by atoms with Crippen LogP contribution in [0.25, 0.3) is 0 Å². The summed E-state index contributed by atoms with van der Waals surface area (Å²) in [6.45, 7) is 2.10. The van der Waals surface area contributed by atoms with Crippen LogP contribution in [0.5, 0.6) is 0 Å². The third kappa shape index (κ3) is 5.79. The molecule has 1 aromatic heterocycles. The van der Waals surface area contributed by atoms with E-state index in [0.29, 0.717) is 18.4 Å². The van der Waals surface area contributed by atoms with E-state index < -0.39 is 6.10 Å². The van der Waals surface area contributed by atoms with Gasteiger partial charge in [-0.2, -0.15) is 0 Å². The summed E-state index contributed by atoms with van der Waals surface area (Å²) in [5, 5.41) is 12.7. The SMILES string of the molecule is CC(CC(=O)NCC(O)c1cccnc1)Cc1cccc(F)c1. The first-order valence-corrected chi connectivity index (χ1v) is 7.63. The lowest BCUT2D eigenvalue weighted by Crippen LogP contribution is -2.29. The van der Waals surface area contributed by atoms with Crippen molar-refractivity contribution in [1.29, 1.82) is 0 Å². The monoisotopic (exact) mass is 316 g/mol. The number of rotatable bonds is 7. The molecule has 2 atom stereocenters. The molecule has 0 saturated carbocycles. The van der Waals surface area contributed by atoms with Crippen molar-refractivity contribution in [3.8, 4) is 0 Å². The minimum absolute atomic E-state index is 0.0901. The van der Waals surface area contributed by atoms with Gasteiger partial charge in [0.05, 0.1) is 6.10 Å². The molecule has 23 heavy (non-hydrogen) atoms. The van der Waals surface area contributed by atoms with Gasteiger partial charge in [0.25, 0.3) is 0 Å². The van der Waals surface area contributed by atoms with E-state index in [4.69, 9.17) is 0 Å². The minimum atomic E-state index is -0.772. The number of hydrogen-bond acceptors (Lipinski definition) is 3. The summed E-state index contributed by atoms with van der Waals surface area (Å²) in [5.41, 5.74) is 1.54. The zero-order valence-electron chi connectivity index (χ0n) is 13.1. The summed E-state index contributed by atoms with van der Waals surface area (Å²) in [4.78, 5) is 15.9. The summed E-state index contributed by atoms with van der Waals surface area (Å²) in [5.74, 6) is -0.303. The Bertz CT molecular complexity index is 634. The van der Waals surface area contributed by atoms with E-state index in [1.165, 1.54) is 12.1 Å². The van der Waals surface area contributed by atoms with Crippen LogP contribution < -0.4 is 5.32 Å². The van der Waals surface area contributed by atoms with Gasteiger partial charge in [-0.05, 0) is 36.1 Å². The third-order valence-corrected chi connectivity index (χ3v) is 3.57. The summed E-state index contributed by atoms with van der Waals surface area (Å²) in [6.07, 6.45) is 3.39. The average molecular weight is 316 g/mol. The van der Waals surface area contributed by atoms with Crippen molar-refractivity contribution in [1.82, 2.24) is 10.3 Å². The Kier molecular flexibility index (Phi) is 6.23. The van der Waals surface area contributed by atoms with Gasteiger partial charge >= 0.3 is 0 Å². The van der Waals surface area contributed by atoms with Gasteiger partial charge in [0, 0.05) is 30.9 Å². The fourth-order valence-electron chi connectivity index (χ4n) is 2.43. The number of carbonyl (C=O) groups excluding carboxylic acids is 1. The molecule has 1 heterocycles. The van der Waals surface area contributed by atoms with E-state index in [1.54, 1.807) is 30.6 Å². The lowest BCUT2D eigenvalue weighted by Gasteiger charge is -2.14. The van der Waals surface area contributed by atoms with E-state index in [0.717, 1.165) is 5.56 Å². The second kappa shape index (κ2) is 8.39. The second-order valence-corrected chi connectivity index (χ2v) is 5.75. The van der Waals surface area contributed by atoms with Gasteiger partial charge in [-0.15, -0.1) is 0 Å². The van der Waals surface area contributed by atoms with E-state index in [9.17, 15) is 14.3 Å². The average Bonchev–Trinajstić information content (AvgIpc) is 2.53. The number of carbonyl (C=O) groups is 1. The predicted molar refractivity (Wildman–Crippen MR) is 86.1 cm³/mol. The van der Waals surface area contributed by atoms with Crippen LogP contribution in [0.15, 0.2) is 48.8 Å². The van der Waals surface area contributed by atoms with Gasteiger partial charge in [-0.3, -0.25) is 9.78 Å². The fourth-order valence-corrected chi connectivity index (χ4v) is 2.43. The number of amides is 1. The molecule has 2 aromatic rings. The molecule has 0 bridgehead atoms. The van der Waals surface area contributed by atoms with Crippen LogP contribution in [-0.2, 0) is 11.2 Å². The number of nitrogens with zero attached hydrogens (tertiary/aromatic N) is 1. The van der Waals surface area contributed by atoms with Crippen molar-refractivity contribution in [3.63, 3.8) is 0 Å². The number of aliphatic hydroxyl groups excluding tert-OH is 1. The van der Waals surface area contributed by atoms with Crippen LogP contribution in [0.2, 0.25) is 0 Å². The second-order valence-electron chi connectivity index (χ2n) is 5.75. The maximum absolute atomic E-state index is 13.1. The van der Waals surface area contributed by atoms with Crippen molar-refractivity contribution < 1.29 is 14.3 Å². The van der Waals surface area contributed by atoms with Gasteiger partial charge in [-0.1, -0.05) is 25.1 Å². The predicted octanol–water partition coefficient (Wildman–Crippen LogP) is 2.64. The number of halogens is 1. The molecule has 0 spiro atoms.